The number of carbonyl (C=O) groups excluding carboxylic acids is 1. The van der Waals surface area contributed by atoms with E-state index in [0.29, 0.717) is 18.5 Å². The maximum Gasteiger partial charge on any atom is 0.251 e. The zero-order chi connectivity index (χ0) is 27.5. The number of benzene rings is 3. The van der Waals surface area contributed by atoms with Gasteiger partial charge in [-0.3, -0.25) is 4.79 Å². The number of hydrogen-bond donors (Lipinski definition) is 3. The lowest BCUT2D eigenvalue weighted by Crippen LogP contribution is -2.47. The molecule has 7 heteroatoms. The normalized spacial score (nSPS) is 14.6. The first-order valence-corrected chi connectivity index (χ1v) is 14.6. The van der Waals surface area contributed by atoms with Crippen molar-refractivity contribution < 1.29 is 9.90 Å². The quantitative estimate of drug-likeness (QED) is 0.236. The fourth-order valence-electron chi connectivity index (χ4n) is 5.45. The minimum Gasteiger partial charge on any atom is -0.389 e. The highest BCUT2D eigenvalue weighted by atomic mass is 32.2. The largest absolute Gasteiger partial charge is 0.389 e. The molecule has 1 aliphatic rings. The zero-order valence-electron chi connectivity index (χ0n) is 23.2. The Hall–Kier alpha value is -3.42. The predicted octanol–water partition coefficient (Wildman–Crippen LogP) is 5.73. The van der Waals surface area contributed by atoms with E-state index >= 15 is 0 Å². The number of aryl methyl sites for hydroxylation is 4. The summed E-state index contributed by atoms with van der Waals surface area (Å²) >= 11 is 1.78. The Morgan fingerprint density at radius 1 is 1.10 bits per heavy atom. The van der Waals surface area contributed by atoms with Crippen LogP contribution in [0, 0.1) is 13.8 Å². The van der Waals surface area contributed by atoms with Gasteiger partial charge in [-0.25, -0.2) is 0 Å². The molecule has 4 aromatic rings. The number of aromatic nitrogens is 1. The first kappa shape index (κ1) is 27.2. The molecule has 0 saturated heterocycles. The van der Waals surface area contributed by atoms with Crippen molar-refractivity contribution in [3.8, 4) is 0 Å². The summed E-state index contributed by atoms with van der Waals surface area (Å²) in [5, 5.41) is 19.1. The smallest absolute Gasteiger partial charge is 0.251 e. The Morgan fingerprint density at radius 3 is 2.64 bits per heavy atom. The molecule has 1 aliphatic heterocycles. The number of anilines is 2. The Balaban J connectivity index is 1.42. The van der Waals surface area contributed by atoms with Crippen LogP contribution in [0.1, 0.15) is 39.5 Å². The predicted molar refractivity (Wildman–Crippen MR) is 164 cm³/mol. The average molecular weight is 543 g/mol. The summed E-state index contributed by atoms with van der Waals surface area (Å²) in [5.74, 6) is 0.835. The van der Waals surface area contributed by atoms with Crippen molar-refractivity contribution in [2.45, 2.75) is 52.3 Å². The molecule has 5 rings (SSSR count). The van der Waals surface area contributed by atoms with Crippen molar-refractivity contribution in [3.63, 3.8) is 0 Å². The highest BCUT2D eigenvalue weighted by molar-refractivity contribution is 8.00. The molecule has 39 heavy (non-hydrogen) atoms. The Bertz CT molecular complexity index is 1470. The van der Waals surface area contributed by atoms with E-state index in [0.717, 1.165) is 46.7 Å². The molecular formula is C32H38N4O2S. The average Bonchev–Trinajstić information content (AvgIpc) is 3.21. The van der Waals surface area contributed by atoms with Crippen LogP contribution in [0.2, 0.25) is 0 Å². The number of hydrogen-bond acceptors (Lipinski definition) is 5. The third-order valence-electron chi connectivity index (χ3n) is 7.60. The monoisotopic (exact) mass is 542 g/mol. The lowest BCUT2D eigenvalue weighted by atomic mass is 9.99. The highest BCUT2D eigenvalue weighted by Gasteiger charge is 2.25. The second kappa shape index (κ2) is 11.8. The van der Waals surface area contributed by atoms with Gasteiger partial charge in [-0.15, -0.1) is 0 Å². The Morgan fingerprint density at radius 2 is 1.90 bits per heavy atom. The summed E-state index contributed by atoms with van der Waals surface area (Å²) in [5.41, 5.74) is 8.48. The van der Waals surface area contributed by atoms with Gasteiger partial charge >= 0.3 is 0 Å². The van der Waals surface area contributed by atoms with Crippen LogP contribution < -0.4 is 14.9 Å². The van der Waals surface area contributed by atoms with Crippen LogP contribution in [0.25, 0.3) is 10.9 Å². The molecule has 0 saturated carbocycles. The van der Waals surface area contributed by atoms with Crippen molar-refractivity contribution >= 4 is 40.1 Å². The van der Waals surface area contributed by atoms with Crippen molar-refractivity contribution in [1.29, 1.82) is 0 Å². The third-order valence-corrected chi connectivity index (χ3v) is 8.57. The molecule has 0 spiro atoms. The Labute approximate surface area is 235 Å². The van der Waals surface area contributed by atoms with Crippen LogP contribution in [0.3, 0.4) is 0 Å². The van der Waals surface area contributed by atoms with Crippen LogP contribution in [0.5, 0.6) is 0 Å². The van der Waals surface area contributed by atoms with Crippen LogP contribution >= 0.6 is 11.9 Å². The van der Waals surface area contributed by atoms with E-state index in [4.69, 9.17) is 0 Å². The summed E-state index contributed by atoms with van der Waals surface area (Å²) in [6.45, 7) is 7.43. The molecule has 1 aromatic heterocycles. The van der Waals surface area contributed by atoms with E-state index in [1.165, 1.54) is 16.5 Å². The molecule has 0 unspecified atom stereocenters. The molecule has 3 N–H and O–H groups in total. The molecule has 0 bridgehead atoms. The summed E-state index contributed by atoms with van der Waals surface area (Å²) in [7, 11) is 2.07. The molecule has 1 amide bonds. The molecular weight excluding hydrogens is 504 g/mol. The van der Waals surface area contributed by atoms with E-state index in [-0.39, 0.29) is 5.91 Å². The number of nitrogens with one attached hydrogen (secondary N) is 2. The Kier molecular flexibility index (Phi) is 8.19. The molecule has 204 valence electrons. The standard InChI is InChI=1S/C32H38N4O2S/c1-5-36-20-24-13-14-39-35(4)28-17-25(18-29(36)31(24)28)32(38)34-27(16-23-9-7-6-8-10-23)30(37)19-33-26-12-11-21(2)15-22(26)3/h6-12,15,17-18,20,27,30,33,37H,5,13-14,16,19H2,1-4H3,(H,34,38)/t27-,30+/m0/s1. The molecule has 0 fully saturated rings. The van der Waals surface area contributed by atoms with E-state index in [1.807, 2.05) is 48.5 Å². The minimum absolute atomic E-state index is 0.173. The van der Waals surface area contributed by atoms with E-state index in [9.17, 15) is 9.90 Å². The molecule has 2 heterocycles. The number of amides is 1. The fraction of sp³-hybridized carbons (Fsp3) is 0.344. The number of nitrogens with zero attached hydrogens (tertiary/aromatic N) is 2. The SMILES string of the molecule is CCn1cc2c3c(cc(C(=O)N[C@@H](Cc4ccccc4)[C@H](O)CNc4ccc(C)cc4C)cc31)N(C)SCC2. The van der Waals surface area contributed by atoms with Gasteiger partial charge in [0, 0.05) is 48.7 Å². The second-order valence-electron chi connectivity index (χ2n) is 10.4. The van der Waals surface area contributed by atoms with Crippen molar-refractivity contribution in [1.82, 2.24) is 9.88 Å². The summed E-state index contributed by atoms with van der Waals surface area (Å²) < 4.78 is 4.42. The summed E-state index contributed by atoms with van der Waals surface area (Å²) in [6, 6.07) is 19.8. The number of carbonyl (C=O) groups is 1. The second-order valence-corrected chi connectivity index (χ2v) is 11.7. The number of aliphatic hydroxyl groups excluding tert-OH is 1. The fourth-order valence-corrected chi connectivity index (χ4v) is 6.32. The summed E-state index contributed by atoms with van der Waals surface area (Å²) in [4.78, 5) is 13.8. The minimum atomic E-state index is -0.788. The van der Waals surface area contributed by atoms with Gasteiger partial charge in [0.05, 0.1) is 23.3 Å². The van der Waals surface area contributed by atoms with Crippen LogP contribution in [0.4, 0.5) is 11.4 Å². The first-order valence-electron chi connectivity index (χ1n) is 13.7. The first-order chi connectivity index (χ1) is 18.8. The van der Waals surface area contributed by atoms with Crippen molar-refractivity contribution in [2.75, 3.05) is 29.0 Å². The molecule has 2 atom stereocenters. The third kappa shape index (κ3) is 5.94. The van der Waals surface area contributed by atoms with Gasteiger partial charge in [0.2, 0.25) is 0 Å². The lowest BCUT2D eigenvalue weighted by molar-refractivity contribution is 0.0851. The van der Waals surface area contributed by atoms with Crippen LogP contribution in [-0.4, -0.2) is 47.1 Å². The maximum atomic E-state index is 13.8. The van der Waals surface area contributed by atoms with Gasteiger partial charge in [-0.1, -0.05) is 48.0 Å². The zero-order valence-corrected chi connectivity index (χ0v) is 24.0. The lowest BCUT2D eigenvalue weighted by Gasteiger charge is -2.26. The van der Waals surface area contributed by atoms with Crippen molar-refractivity contribution in [3.05, 3.63) is 94.7 Å². The van der Waals surface area contributed by atoms with Crippen molar-refractivity contribution in [2.24, 2.45) is 0 Å². The number of aliphatic hydroxyl groups is 1. The highest BCUT2D eigenvalue weighted by Crippen LogP contribution is 2.38. The van der Waals surface area contributed by atoms with E-state index in [2.05, 4.69) is 65.7 Å². The van der Waals surface area contributed by atoms with Gasteiger partial charge in [0.1, 0.15) is 0 Å². The van der Waals surface area contributed by atoms with Gasteiger partial charge in [-0.05, 0) is 80.5 Å². The van der Waals surface area contributed by atoms with Gasteiger partial charge in [-0.2, -0.15) is 0 Å². The van der Waals surface area contributed by atoms with Gasteiger partial charge in [0.15, 0.2) is 0 Å². The molecule has 3 aromatic carbocycles. The van der Waals surface area contributed by atoms with E-state index < -0.39 is 12.1 Å². The summed E-state index contributed by atoms with van der Waals surface area (Å²) in [6.07, 6.45) is 2.99. The maximum absolute atomic E-state index is 13.8. The van der Waals surface area contributed by atoms with Gasteiger partial charge in [0.25, 0.3) is 5.91 Å². The molecule has 6 nitrogen and oxygen atoms in total. The molecule has 0 aliphatic carbocycles. The molecule has 0 radical (unpaired) electrons. The number of rotatable bonds is 9. The van der Waals surface area contributed by atoms with E-state index in [1.54, 1.807) is 11.9 Å². The van der Waals surface area contributed by atoms with Gasteiger partial charge < -0.3 is 24.6 Å². The topological polar surface area (TPSA) is 69.5 Å². The van der Waals surface area contributed by atoms with Crippen LogP contribution in [0.15, 0.2) is 66.9 Å². The van der Waals surface area contributed by atoms with Crippen LogP contribution in [-0.2, 0) is 19.4 Å².